The summed E-state index contributed by atoms with van der Waals surface area (Å²) in [5, 5.41) is 8.09. The van der Waals surface area contributed by atoms with Gasteiger partial charge in [0.25, 0.3) is 0 Å². The highest BCUT2D eigenvalue weighted by Gasteiger charge is 2.37. The Bertz CT molecular complexity index is 832. The van der Waals surface area contributed by atoms with Crippen molar-refractivity contribution in [2.24, 2.45) is 0 Å². The lowest BCUT2D eigenvalue weighted by atomic mass is 9.99. The lowest BCUT2D eigenvalue weighted by molar-refractivity contribution is -0.138. The second-order valence-corrected chi connectivity index (χ2v) is 6.87. The second kappa shape index (κ2) is 7.48. The van der Waals surface area contributed by atoms with E-state index in [2.05, 4.69) is 10.3 Å². The quantitative estimate of drug-likeness (QED) is 0.744. The third-order valence-electron chi connectivity index (χ3n) is 5.26. The Hall–Kier alpha value is -2.74. The lowest BCUT2D eigenvalue weighted by Gasteiger charge is -2.41. The molecule has 1 aromatic heterocycles. The number of hydrogen-bond acceptors (Lipinski definition) is 6. The molecule has 0 radical (unpaired) electrons. The number of piperidine rings is 1. The number of aromatic nitrogens is 3. The average molecular weight is 370 g/mol. The van der Waals surface area contributed by atoms with E-state index in [0.29, 0.717) is 31.0 Å². The molecule has 2 aromatic rings. The van der Waals surface area contributed by atoms with Crippen LogP contribution >= 0.6 is 0 Å². The number of fused-ring (bicyclic) bond motifs is 3. The number of carbonyl (C=O) groups excluding carboxylic acids is 2. The molecule has 2 atom stereocenters. The van der Waals surface area contributed by atoms with Gasteiger partial charge in [0.1, 0.15) is 5.75 Å². The van der Waals surface area contributed by atoms with Crippen LogP contribution in [0.2, 0.25) is 0 Å². The SMILES string of the molecule is COc1ccc(C(=O)CCC(=O)N2CC[C@@H]3OCc4cnnn4[C@H]3C2)cc1. The van der Waals surface area contributed by atoms with Crippen LogP contribution in [0.5, 0.6) is 5.75 Å². The van der Waals surface area contributed by atoms with E-state index in [1.54, 1.807) is 37.6 Å². The van der Waals surface area contributed by atoms with Crippen LogP contribution in [0.25, 0.3) is 0 Å². The molecule has 1 amide bonds. The summed E-state index contributed by atoms with van der Waals surface area (Å²) in [6, 6.07) is 6.94. The first-order valence-electron chi connectivity index (χ1n) is 9.11. The highest BCUT2D eigenvalue weighted by atomic mass is 16.5. The number of ether oxygens (including phenoxy) is 2. The molecule has 1 saturated heterocycles. The van der Waals surface area contributed by atoms with Crippen LogP contribution in [-0.2, 0) is 16.1 Å². The maximum absolute atomic E-state index is 12.6. The van der Waals surface area contributed by atoms with Gasteiger partial charge >= 0.3 is 0 Å². The predicted octanol–water partition coefficient (Wildman–Crippen LogP) is 1.62. The minimum atomic E-state index is -0.0412. The van der Waals surface area contributed by atoms with Crippen molar-refractivity contribution in [2.45, 2.75) is 38.0 Å². The van der Waals surface area contributed by atoms with Crippen molar-refractivity contribution in [1.82, 2.24) is 19.9 Å². The Morgan fingerprint density at radius 2 is 2.07 bits per heavy atom. The summed E-state index contributed by atoms with van der Waals surface area (Å²) in [6.07, 6.45) is 2.92. The minimum Gasteiger partial charge on any atom is -0.497 e. The van der Waals surface area contributed by atoms with Crippen LogP contribution in [0.4, 0.5) is 0 Å². The zero-order valence-electron chi connectivity index (χ0n) is 15.2. The number of carbonyl (C=O) groups is 2. The van der Waals surface area contributed by atoms with E-state index in [1.165, 1.54) is 0 Å². The summed E-state index contributed by atoms with van der Waals surface area (Å²) in [7, 11) is 1.58. The summed E-state index contributed by atoms with van der Waals surface area (Å²) in [5.74, 6) is 0.649. The Kier molecular flexibility index (Phi) is 4.89. The van der Waals surface area contributed by atoms with Crippen LogP contribution in [0.15, 0.2) is 30.5 Å². The molecular weight excluding hydrogens is 348 g/mol. The highest BCUT2D eigenvalue weighted by Crippen LogP contribution is 2.30. The van der Waals surface area contributed by atoms with E-state index < -0.39 is 0 Å². The van der Waals surface area contributed by atoms with Crippen LogP contribution in [0.1, 0.15) is 41.4 Å². The average Bonchev–Trinajstić information content (AvgIpc) is 3.20. The summed E-state index contributed by atoms with van der Waals surface area (Å²) in [6.45, 7) is 1.69. The highest BCUT2D eigenvalue weighted by molar-refractivity contribution is 5.98. The van der Waals surface area contributed by atoms with Gasteiger partial charge in [-0.3, -0.25) is 9.59 Å². The first-order valence-corrected chi connectivity index (χ1v) is 9.11. The molecule has 142 valence electrons. The molecular formula is C19H22N4O4. The van der Waals surface area contributed by atoms with Crippen molar-refractivity contribution in [3.63, 3.8) is 0 Å². The van der Waals surface area contributed by atoms with Gasteiger partial charge in [-0.1, -0.05) is 5.21 Å². The molecule has 1 aromatic carbocycles. The van der Waals surface area contributed by atoms with Crippen molar-refractivity contribution >= 4 is 11.7 Å². The zero-order valence-corrected chi connectivity index (χ0v) is 15.2. The van der Waals surface area contributed by atoms with Crippen molar-refractivity contribution in [3.05, 3.63) is 41.7 Å². The fourth-order valence-electron chi connectivity index (χ4n) is 3.71. The number of nitrogens with zero attached hydrogens (tertiary/aromatic N) is 4. The van der Waals surface area contributed by atoms with Crippen molar-refractivity contribution in [3.8, 4) is 5.75 Å². The fourth-order valence-corrected chi connectivity index (χ4v) is 3.71. The Morgan fingerprint density at radius 1 is 1.26 bits per heavy atom. The molecule has 0 N–H and O–H groups in total. The number of methoxy groups -OCH3 is 1. The molecule has 2 aliphatic heterocycles. The van der Waals surface area contributed by atoms with Gasteiger partial charge in [-0.2, -0.15) is 0 Å². The number of Topliss-reactive ketones (excluding diaryl/α,β-unsaturated/α-hetero) is 1. The topological polar surface area (TPSA) is 86.6 Å². The normalized spacial score (nSPS) is 21.3. The molecule has 4 rings (SSSR count). The summed E-state index contributed by atoms with van der Waals surface area (Å²) < 4.78 is 12.8. The molecule has 27 heavy (non-hydrogen) atoms. The van der Waals surface area contributed by atoms with Gasteiger partial charge in [-0.25, -0.2) is 4.68 Å². The van der Waals surface area contributed by atoms with Crippen LogP contribution in [0.3, 0.4) is 0 Å². The molecule has 2 aliphatic rings. The van der Waals surface area contributed by atoms with E-state index in [1.807, 2.05) is 9.58 Å². The molecule has 8 heteroatoms. The number of hydrogen-bond donors (Lipinski definition) is 0. The number of rotatable bonds is 5. The third kappa shape index (κ3) is 3.57. The largest absolute Gasteiger partial charge is 0.497 e. The third-order valence-corrected chi connectivity index (χ3v) is 5.26. The maximum atomic E-state index is 12.6. The van der Waals surface area contributed by atoms with Gasteiger partial charge in [0, 0.05) is 31.5 Å². The van der Waals surface area contributed by atoms with E-state index in [9.17, 15) is 9.59 Å². The van der Waals surface area contributed by atoms with E-state index in [-0.39, 0.29) is 36.7 Å². The maximum Gasteiger partial charge on any atom is 0.223 e. The number of amides is 1. The smallest absolute Gasteiger partial charge is 0.223 e. The van der Waals surface area contributed by atoms with Crippen LogP contribution in [0, 0.1) is 0 Å². The standard InChI is InChI=1S/C19H22N4O4/c1-26-15-4-2-13(3-5-15)17(24)6-7-19(25)22-9-8-18-16(11-22)23-14(12-27-18)10-20-21-23/h2-5,10,16,18H,6-9,11-12H2,1H3/t16-,18-/m0/s1. The lowest BCUT2D eigenvalue weighted by Crippen LogP contribution is -2.49. The second-order valence-electron chi connectivity index (χ2n) is 6.87. The van der Waals surface area contributed by atoms with E-state index >= 15 is 0 Å². The molecule has 0 spiro atoms. The molecule has 0 saturated carbocycles. The molecule has 8 nitrogen and oxygen atoms in total. The molecule has 0 bridgehead atoms. The first-order chi connectivity index (χ1) is 13.2. The van der Waals surface area contributed by atoms with Gasteiger partial charge in [-0.05, 0) is 30.7 Å². The monoisotopic (exact) mass is 370 g/mol. The number of ketones is 1. The number of benzene rings is 1. The summed E-state index contributed by atoms with van der Waals surface area (Å²) in [5.41, 5.74) is 1.52. The Morgan fingerprint density at radius 3 is 2.85 bits per heavy atom. The molecule has 1 fully saturated rings. The summed E-state index contributed by atoms with van der Waals surface area (Å²) in [4.78, 5) is 26.8. The number of likely N-dealkylation sites (tertiary alicyclic amines) is 1. The molecule has 0 aliphatic carbocycles. The van der Waals surface area contributed by atoms with Crippen molar-refractivity contribution in [2.75, 3.05) is 20.2 Å². The molecule has 0 unspecified atom stereocenters. The minimum absolute atomic E-state index is 0.00811. The predicted molar refractivity (Wildman–Crippen MR) is 95.4 cm³/mol. The van der Waals surface area contributed by atoms with E-state index in [4.69, 9.17) is 9.47 Å². The Labute approximate surface area is 157 Å². The fraction of sp³-hybridized carbons (Fsp3) is 0.474. The zero-order chi connectivity index (χ0) is 18.8. The summed E-state index contributed by atoms with van der Waals surface area (Å²) >= 11 is 0. The van der Waals surface area contributed by atoms with Crippen molar-refractivity contribution < 1.29 is 19.1 Å². The first kappa shape index (κ1) is 17.7. The molecule has 3 heterocycles. The van der Waals surface area contributed by atoms with Gasteiger partial charge in [-0.15, -0.1) is 5.10 Å². The van der Waals surface area contributed by atoms with Gasteiger partial charge < -0.3 is 14.4 Å². The van der Waals surface area contributed by atoms with Crippen LogP contribution in [-0.4, -0.2) is 57.9 Å². The van der Waals surface area contributed by atoms with Gasteiger partial charge in [0.05, 0.1) is 37.8 Å². The van der Waals surface area contributed by atoms with Gasteiger partial charge in [0.2, 0.25) is 5.91 Å². The van der Waals surface area contributed by atoms with Crippen molar-refractivity contribution in [1.29, 1.82) is 0 Å². The van der Waals surface area contributed by atoms with Crippen LogP contribution < -0.4 is 4.74 Å². The van der Waals surface area contributed by atoms with Gasteiger partial charge in [0.15, 0.2) is 5.78 Å². The van der Waals surface area contributed by atoms with E-state index in [0.717, 1.165) is 12.1 Å². The Balaban J connectivity index is 1.34.